The Labute approximate surface area is 155 Å². The Hall–Kier alpha value is -2.11. The van der Waals surface area contributed by atoms with Crippen LogP contribution in [0.25, 0.3) is 10.8 Å². The molecule has 0 amide bonds. The zero-order chi connectivity index (χ0) is 17.2. The molecule has 0 atom stereocenters. The lowest BCUT2D eigenvalue weighted by molar-refractivity contribution is -0.914. The van der Waals surface area contributed by atoms with Gasteiger partial charge in [-0.05, 0) is 35.0 Å². The molecule has 3 aromatic rings. The SMILES string of the molecule is Oc1ccc2cc(Br)ccc2c1C[NH+]1CCN(c2cccc[nH+]2)CC1. The Morgan fingerprint density at radius 2 is 1.92 bits per heavy atom. The van der Waals surface area contributed by atoms with Gasteiger partial charge in [0.25, 0.3) is 5.82 Å². The van der Waals surface area contributed by atoms with Gasteiger partial charge in [0.2, 0.25) is 0 Å². The highest BCUT2D eigenvalue weighted by molar-refractivity contribution is 9.10. The predicted molar refractivity (Wildman–Crippen MR) is 103 cm³/mol. The Morgan fingerprint density at radius 3 is 2.68 bits per heavy atom. The average molecular weight is 400 g/mol. The van der Waals surface area contributed by atoms with Gasteiger partial charge < -0.3 is 10.0 Å². The first-order valence-electron chi connectivity index (χ1n) is 8.66. The summed E-state index contributed by atoms with van der Waals surface area (Å²) in [6.45, 7) is 5.03. The summed E-state index contributed by atoms with van der Waals surface area (Å²) < 4.78 is 1.07. The van der Waals surface area contributed by atoms with Crippen molar-refractivity contribution >= 4 is 32.5 Å². The second-order valence-corrected chi connectivity index (χ2v) is 7.51. The van der Waals surface area contributed by atoms with E-state index in [-0.39, 0.29) is 0 Å². The maximum absolute atomic E-state index is 10.4. The molecule has 25 heavy (non-hydrogen) atoms. The first-order valence-corrected chi connectivity index (χ1v) is 9.45. The molecule has 4 rings (SSSR count). The van der Waals surface area contributed by atoms with Crippen LogP contribution in [0.2, 0.25) is 0 Å². The minimum absolute atomic E-state index is 0.404. The molecule has 0 aliphatic carbocycles. The van der Waals surface area contributed by atoms with E-state index in [1.807, 2.05) is 30.5 Å². The minimum Gasteiger partial charge on any atom is -0.507 e. The van der Waals surface area contributed by atoms with Crippen LogP contribution in [-0.4, -0.2) is 31.3 Å². The van der Waals surface area contributed by atoms with Gasteiger partial charge in [0.15, 0.2) is 0 Å². The number of piperazine rings is 1. The molecule has 0 radical (unpaired) electrons. The molecule has 3 N–H and O–H groups in total. The van der Waals surface area contributed by atoms with Crippen LogP contribution in [0.15, 0.2) is 59.2 Å². The van der Waals surface area contributed by atoms with Crippen LogP contribution >= 0.6 is 15.9 Å². The van der Waals surface area contributed by atoms with E-state index in [0.717, 1.165) is 48.1 Å². The smallest absolute Gasteiger partial charge is 0.274 e. The number of pyridine rings is 1. The van der Waals surface area contributed by atoms with Crippen molar-refractivity contribution in [1.82, 2.24) is 0 Å². The summed E-state index contributed by atoms with van der Waals surface area (Å²) in [5, 5.41) is 12.7. The lowest BCUT2D eigenvalue weighted by atomic mass is 10.0. The number of quaternary nitrogens is 1. The second-order valence-electron chi connectivity index (χ2n) is 6.59. The van der Waals surface area contributed by atoms with E-state index in [1.165, 1.54) is 16.1 Å². The van der Waals surface area contributed by atoms with Crippen molar-refractivity contribution in [2.45, 2.75) is 6.54 Å². The number of fused-ring (bicyclic) bond motifs is 1. The van der Waals surface area contributed by atoms with E-state index in [0.29, 0.717) is 5.75 Å². The topological polar surface area (TPSA) is 42.1 Å². The third kappa shape index (κ3) is 3.48. The molecule has 0 spiro atoms. The number of hydrogen-bond donors (Lipinski definition) is 2. The fraction of sp³-hybridized carbons (Fsp3) is 0.250. The largest absolute Gasteiger partial charge is 0.507 e. The summed E-state index contributed by atoms with van der Waals surface area (Å²) in [6, 6.07) is 16.3. The number of rotatable bonds is 3. The van der Waals surface area contributed by atoms with Crippen molar-refractivity contribution in [2.75, 3.05) is 31.1 Å². The molecule has 5 heteroatoms. The highest BCUT2D eigenvalue weighted by Gasteiger charge is 2.26. The van der Waals surface area contributed by atoms with E-state index in [2.05, 4.69) is 50.1 Å². The summed E-state index contributed by atoms with van der Waals surface area (Å²) in [5.74, 6) is 1.58. The van der Waals surface area contributed by atoms with Crippen LogP contribution in [0.5, 0.6) is 5.75 Å². The van der Waals surface area contributed by atoms with Crippen molar-refractivity contribution in [3.05, 3.63) is 64.8 Å². The number of phenols is 1. The number of nitrogens with one attached hydrogen (secondary N) is 2. The molecule has 0 unspecified atom stereocenters. The maximum atomic E-state index is 10.4. The monoisotopic (exact) mass is 399 g/mol. The van der Waals surface area contributed by atoms with Gasteiger partial charge >= 0.3 is 0 Å². The van der Waals surface area contributed by atoms with Crippen LogP contribution in [0, 0.1) is 0 Å². The molecule has 1 fully saturated rings. The number of aromatic nitrogens is 1. The normalized spacial score (nSPS) is 15.6. The van der Waals surface area contributed by atoms with Gasteiger partial charge in [0.1, 0.15) is 38.5 Å². The van der Waals surface area contributed by atoms with E-state index in [9.17, 15) is 5.11 Å². The van der Waals surface area contributed by atoms with Crippen LogP contribution in [-0.2, 0) is 6.54 Å². The summed E-state index contributed by atoms with van der Waals surface area (Å²) in [6.07, 6.45) is 1.97. The number of aromatic amines is 1. The lowest BCUT2D eigenvalue weighted by Gasteiger charge is -2.28. The molecule has 1 aliphatic rings. The minimum atomic E-state index is 0.404. The van der Waals surface area contributed by atoms with Crippen molar-refractivity contribution in [2.24, 2.45) is 0 Å². The van der Waals surface area contributed by atoms with Gasteiger partial charge in [-0.25, -0.2) is 4.98 Å². The third-order valence-electron chi connectivity index (χ3n) is 5.00. The van der Waals surface area contributed by atoms with E-state index >= 15 is 0 Å². The summed E-state index contributed by atoms with van der Waals surface area (Å²) in [7, 11) is 0. The highest BCUT2D eigenvalue weighted by atomic mass is 79.9. The van der Waals surface area contributed by atoms with Crippen LogP contribution in [0.3, 0.4) is 0 Å². The lowest BCUT2D eigenvalue weighted by Crippen LogP contribution is -3.13. The molecule has 1 aliphatic heterocycles. The fourth-order valence-corrected chi connectivity index (χ4v) is 3.99. The van der Waals surface area contributed by atoms with E-state index < -0.39 is 0 Å². The average Bonchev–Trinajstić information content (AvgIpc) is 2.65. The van der Waals surface area contributed by atoms with Gasteiger partial charge in [-0.15, -0.1) is 0 Å². The highest BCUT2D eigenvalue weighted by Crippen LogP contribution is 2.28. The predicted octanol–water partition coefficient (Wildman–Crippen LogP) is 2.03. The zero-order valence-corrected chi connectivity index (χ0v) is 15.6. The number of nitrogens with zero attached hydrogens (tertiary/aromatic N) is 1. The van der Waals surface area contributed by atoms with Gasteiger partial charge in [0.05, 0.1) is 11.8 Å². The van der Waals surface area contributed by atoms with Crippen molar-refractivity contribution < 1.29 is 15.0 Å². The second kappa shape index (κ2) is 7.02. The number of H-pyrrole nitrogens is 1. The van der Waals surface area contributed by atoms with Gasteiger partial charge in [-0.1, -0.05) is 34.1 Å². The molecule has 0 saturated carbocycles. The number of halogens is 1. The quantitative estimate of drug-likeness (QED) is 0.707. The Balaban J connectivity index is 1.50. The van der Waals surface area contributed by atoms with Crippen molar-refractivity contribution in [1.29, 1.82) is 0 Å². The molecular weight excluding hydrogens is 378 g/mol. The Bertz CT molecular complexity index is 877. The number of phenolic OH excluding ortho intramolecular Hbond substituents is 1. The van der Waals surface area contributed by atoms with Crippen LogP contribution in [0.4, 0.5) is 5.82 Å². The molecule has 2 heterocycles. The molecule has 128 valence electrons. The Morgan fingerprint density at radius 1 is 1.08 bits per heavy atom. The zero-order valence-electron chi connectivity index (χ0n) is 14.0. The van der Waals surface area contributed by atoms with Gasteiger partial charge in [0, 0.05) is 10.5 Å². The first kappa shape index (κ1) is 16.4. The van der Waals surface area contributed by atoms with E-state index in [4.69, 9.17) is 0 Å². The molecular formula is C20H22BrN3O+2. The summed E-state index contributed by atoms with van der Waals surface area (Å²) >= 11 is 3.53. The fourth-order valence-electron chi connectivity index (χ4n) is 3.61. The number of benzene rings is 2. The van der Waals surface area contributed by atoms with Gasteiger partial charge in [-0.2, -0.15) is 0 Å². The molecule has 0 bridgehead atoms. The standard InChI is InChI=1S/C20H20BrN3O/c21-16-5-6-17-15(13-16)4-7-19(25)18(17)14-23-9-11-24(12-10-23)20-3-1-2-8-22-20/h1-8,13,25H,9-12,14H2/p+2. The van der Waals surface area contributed by atoms with Crippen molar-refractivity contribution in [3.8, 4) is 5.75 Å². The molecule has 4 nitrogen and oxygen atoms in total. The van der Waals surface area contributed by atoms with Crippen LogP contribution < -0.4 is 14.8 Å². The maximum Gasteiger partial charge on any atom is 0.274 e. The molecule has 1 aromatic heterocycles. The molecule has 1 saturated heterocycles. The number of anilines is 1. The van der Waals surface area contributed by atoms with Crippen LogP contribution in [0.1, 0.15) is 5.56 Å². The summed E-state index contributed by atoms with van der Waals surface area (Å²) in [5.41, 5.74) is 1.06. The number of aromatic hydroxyl groups is 1. The van der Waals surface area contributed by atoms with E-state index in [1.54, 1.807) is 0 Å². The molecule has 2 aromatic carbocycles. The van der Waals surface area contributed by atoms with Gasteiger partial charge in [-0.3, -0.25) is 4.90 Å². The first-order chi connectivity index (χ1) is 12.2. The van der Waals surface area contributed by atoms with Crippen molar-refractivity contribution in [3.63, 3.8) is 0 Å². The Kier molecular flexibility index (Phi) is 4.59. The number of hydrogen-bond acceptors (Lipinski definition) is 2. The summed E-state index contributed by atoms with van der Waals surface area (Å²) in [4.78, 5) is 7.22. The third-order valence-corrected chi connectivity index (χ3v) is 5.49.